The number of nitro benzene ring substituents is 1. The fraction of sp³-hybridized carbons (Fsp3) is 0.304. The number of hydrogen-bond acceptors (Lipinski definition) is 9. The maximum atomic E-state index is 12.4. The number of carbonyl (C=O) groups excluding carboxylic acids is 2. The minimum absolute atomic E-state index is 0.0118. The van der Waals surface area contributed by atoms with Gasteiger partial charge in [-0.1, -0.05) is 36.1 Å². The largest absolute Gasteiger partial charge is 0.452 e. The number of ether oxygens (including phenoxy) is 1. The van der Waals surface area contributed by atoms with Crippen LogP contribution in [0.4, 0.5) is 17.4 Å². The van der Waals surface area contributed by atoms with Crippen LogP contribution in [0, 0.1) is 10.1 Å². The van der Waals surface area contributed by atoms with Gasteiger partial charge in [0.2, 0.25) is 5.89 Å². The molecule has 2 aromatic carbocycles. The summed E-state index contributed by atoms with van der Waals surface area (Å²) in [6.45, 7) is 0.836. The molecule has 1 aliphatic rings. The first-order chi connectivity index (χ1) is 16.5. The number of aromatic nitrogens is 2. The number of rotatable bonds is 7. The second-order valence-electron chi connectivity index (χ2n) is 7.76. The third kappa shape index (κ3) is 5.55. The summed E-state index contributed by atoms with van der Waals surface area (Å²) in [5.74, 6) is -1.31. The number of esters is 1. The van der Waals surface area contributed by atoms with Crippen LogP contribution in [-0.2, 0) is 9.53 Å². The lowest BCUT2D eigenvalue weighted by Crippen LogP contribution is -2.25. The number of benzene rings is 2. The number of anilines is 2. The van der Waals surface area contributed by atoms with Crippen LogP contribution in [0.25, 0.3) is 11.5 Å². The number of carbonyl (C=O) groups is 2. The quantitative estimate of drug-likeness (QED) is 0.313. The SMILES string of the molecule is O=C(COC(=O)c1ccc(N2CCCCCC2)c([N+](=O)[O-])c1)Nc1nnc(-c2ccccc2)o1. The van der Waals surface area contributed by atoms with Crippen molar-refractivity contribution in [3.8, 4) is 11.5 Å². The van der Waals surface area contributed by atoms with E-state index in [4.69, 9.17) is 9.15 Å². The monoisotopic (exact) mass is 465 g/mol. The average Bonchev–Trinajstić information content (AvgIpc) is 3.14. The van der Waals surface area contributed by atoms with Gasteiger partial charge in [-0.3, -0.25) is 20.2 Å². The van der Waals surface area contributed by atoms with Gasteiger partial charge in [0.05, 0.1) is 10.5 Å². The van der Waals surface area contributed by atoms with Gasteiger partial charge < -0.3 is 14.1 Å². The van der Waals surface area contributed by atoms with Crippen LogP contribution in [0.15, 0.2) is 52.9 Å². The number of hydrogen-bond donors (Lipinski definition) is 1. The van der Waals surface area contributed by atoms with Crippen molar-refractivity contribution in [1.29, 1.82) is 0 Å². The first-order valence-electron chi connectivity index (χ1n) is 10.9. The summed E-state index contributed by atoms with van der Waals surface area (Å²) in [6, 6.07) is 13.1. The van der Waals surface area contributed by atoms with E-state index < -0.39 is 23.4 Å². The van der Waals surface area contributed by atoms with E-state index in [1.165, 1.54) is 12.1 Å². The van der Waals surface area contributed by atoms with Crippen LogP contribution in [0.1, 0.15) is 36.0 Å². The van der Waals surface area contributed by atoms with Crippen molar-refractivity contribution in [2.24, 2.45) is 0 Å². The van der Waals surface area contributed by atoms with E-state index in [1.807, 2.05) is 23.1 Å². The number of amides is 1. The maximum absolute atomic E-state index is 12.4. The maximum Gasteiger partial charge on any atom is 0.338 e. The lowest BCUT2D eigenvalue weighted by Gasteiger charge is -2.22. The molecule has 0 atom stereocenters. The van der Waals surface area contributed by atoms with Crippen LogP contribution in [0.2, 0.25) is 0 Å². The smallest absolute Gasteiger partial charge is 0.338 e. The first kappa shape index (κ1) is 22.9. The highest BCUT2D eigenvalue weighted by Crippen LogP contribution is 2.31. The minimum Gasteiger partial charge on any atom is -0.452 e. The van der Waals surface area contributed by atoms with E-state index in [1.54, 1.807) is 18.2 Å². The third-order valence-corrected chi connectivity index (χ3v) is 5.38. The van der Waals surface area contributed by atoms with Gasteiger partial charge in [-0.25, -0.2) is 4.79 Å². The molecule has 1 aromatic heterocycles. The van der Waals surface area contributed by atoms with Crippen LogP contribution < -0.4 is 10.2 Å². The van der Waals surface area contributed by atoms with Crippen LogP contribution in [0.3, 0.4) is 0 Å². The lowest BCUT2D eigenvalue weighted by atomic mass is 10.1. The van der Waals surface area contributed by atoms with E-state index in [2.05, 4.69) is 15.5 Å². The Morgan fingerprint density at radius 2 is 1.79 bits per heavy atom. The summed E-state index contributed by atoms with van der Waals surface area (Å²) in [6.07, 6.45) is 4.10. The number of nitrogens with one attached hydrogen (secondary N) is 1. The Labute approximate surface area is 194 Å². The fourth-order valence-corrected chi connectivity index (χ4v) is 3.72. The van der Waals surface area contributed by atoms with Crippen molar-refractivity contribution in [3.63, 3.8) is 0 Å². The van der Waals surface area contributed by atoms with Gasteiger partial charge in [-0.2, -0.15) is 0 Å². The van der Waals surface area contributed by atoms with Crippen molar-refractivity contribution in [2.45, 2.75) is 25.7 Å². The molecule has 1 fully saturated rings. The van der Waals surface area contributed by atoms with Crippen molar-refractivity contribution < 1.29 is 23.7 Å². The molecule has 3 aromatic rings. The predicted octanol–water partition coefficient (Wildman–Crippen LogP) is 3.82. The van der Waals surface area contributed by atoms with E-state index in [-0.39, 0.29) is 23.2 Å². The zero-order chi connectivity index (χ0) is 23.9. The zero-order valence-electron chi connectivity index (χ0n) is 18.3. The van der Waals surface area contributed by atoms with Crippen molar-refractivity contribution >= 4 is 29.3 Å². The second-order valence-corrected chi connectivity index (χ2v) is 7.76. The Morgan fingerprint density at radius 3 is 2.50 bits per heavy atom. The Bertz CT molecular complexity index is 1170. The highest BCUT2D eigenvalue weighted by atomic mass is 16.6. The molecule has 1 saturated heterocycles. The van der Waals surface area contributed by atoms with Gasteiger partial charge in [0, 0.05) is 24.7 Å². The Balaban J connectivity index is 1.37. The highest BCUT2D eigenvalue weighted by molar-refractivity contribution is 5.95. The van der Waals surface area contributed by atoms with Crippen LogP contribution in [-0.4, -0.2) is 46.7 Å². The molecule has 0 saturated carbocycles. The molecule has 176 valence electrons. The van der Waals surface area contributed by atoms with Gasteiger partial charge >= 0.3 is 12.0 Å². The molecule has 11 heteroatoms. The normalized spacial score (nSPS) is 13.7. The van der Waals surface area contributed by atoms with Gasteiger partial charge in [0.1, 0.15) is 5.69 Å². The molecule has 1 N–H and O–H groups in total. The van der Waals surface area contributed by atoms with E-state index in [0.29, 0.717) is 11.3 Å². The van der Waals surface area contributed by atoms with Gasteiger partial charge in [-0.15, -0.1) is 5.10 Å². The van der Waals surface area contributed by atoms with Crippen molar-refractivity contribution in [3.05, 3.63) is 64.2 Å². The lowest BCUT2D eigenvalue weighted by molar-refractivity contribution is -0.384. The summed E-state index contributed by atoms with van der Waals surface area (Å²) >= 11 is 0. The van der Waals surface area contributed by atoms with Crippen molar-refractivity contribution in [1.82, 2.24) is 10.2 Å². The molecule has 1 aliphatic heterocycles. The summed E-state index contributed by atoms with van der Waals surface area (Å²) in [7, 11) is 0. The van der Waals surface area contributed by atoms with Crippen LogP contribution >= 0.6 is 0 Å². The second kappa shape index (κ2) is 10.6. The highest BCUT2D eigenvalue weighted by Gasteiger charge is 2.23. The fourth-order valence-electron chi connectivity index (χ4n) is 3.72. The Hall–Kier alpha value is -4.28. The Kier molecular flexibility index (Phi) is 7.11. The molecule has 2 heterocycles. The van der Waals surface area contributed by atoms with Crippen LogP contribution in [0.5, 0.6) is 0 Å². The van der Waals surface area contributed by atoms with Gasteiger partial charge in [0.15, 0.2) is 6.61 Å². The molecule has 0 radical (unpaired) electrons. The first-order valence-corrected chi connectivity index (χ1v) is 10.9. The van der Waals surface area contributed by atoms with Gasteiger partial charge in [-0.05, 0) is 37.1 Å². The molecule has 0 aliphatic carbocycles. The van der Waals surface area contributed by atoms with Crippen molar-refractivity contribution in [2.75, 3.05) is 29.9 Å². The molecule has 0 spiro atoms. The predicted molar refractivity (Wildman–Crippen MR) is 122 cm³/mol. The Morgan fingerprint density at radius 1 is 1.06 bits per heavy atom. The number of nitrogens with zero attached hydrogens (tertiary/aromatic N) is 4. The summed E-state index contributed by atoms with van der Waals surface area (Å²) in [5.41, 5.74) is 0.987. The number of nitro groups is 1. The topological polar surface area (TPSA) is 141 Å². The molecule has 1 amide bonds. The molecule has 0 bridgehead atoms. The van der Waals surface area contributed by atoms with E-state index in [0.717, 1.165) is 38.8 Å². The average molecular weight is 465 g/mol. The summed E-state index contributed by atoms with van der Waals surface area (Å²) < 4.78 is 10.4. The summed E-state index contributed by atoms with van der Waals surface area (Å²) in [5, 5.41) is 21.6. The molecule has 0 unspecified atom stereocenters. The minimum atomic E-state index is -0.851. The molecular formula is C23H23N5O6. The molecular weight excluding hydrogens is 442 g/mol. The zero-order valence-corrected chi connectivity index (χ0v) is 18.3. The van der Waals surface area contributed by atoms with Gasteiger partial charge in [0.25, 0.3) is 11.6 Å². The van der Waals surface area contributed by atoms with E-state index >= 15 is 0 Å². The molecule has 34 heavy (non-hydrogen) atoms. The summed E-state index contributed by atoms with van der Waals surface area (Å²) in [4.78, 5) is 37.7. The third-order valence-electron chi connectivity index (χ3n) is 5.38. The molecule has 4 rings (SSSR count). The molecule has 11 nitrogen and oxygen atoms in total. The standard InChI is InChI=1S/C23H23N5O6/c29-20(24-23-26-25-21(34-23)16-8-4-3-5-9-16)15-33-22(30)17-10-11-18(19(14-17)28(31)32)27-12-6-1-2-7-13-27/h3-5,8-11,14H,1-2,6-7,12-13,15H2,(H,24,26,29). The van der Waals surface area contributed by atoms with E-state index in [9.17, 15) is 19.7 Å².